The summed E-state index contributed by atoms with van der Waals surface area (Å²) in [7, 11) is 0. The number of hydrogen-bond acceptors (Lipinski definition) is 12. The van der Waals surface area contributed by atoms with Crippen molar-refractivity contribution >= 4 is 16.6 Å². The van der Waals surface area contributed by atoms with Crippen molar-refractivity contribution in [3.63, 3.8) is 0 Å². The van der Waals surface area contributed by atoms with Crippen LogP contribution in [0.4, 0.5) is 0 Å². The van der Waals surface area contributed by atoms with E-state index in [9.17, 15) is 10.5 Å². The molecule has 5 aromatic rings. The molecular formula is C34H20N14. The number of allylic oxidation sites excluding steroid dienone is 1. The Hall–Kier alpha value is -7.65. The van der Waals surface area contributed by atoms with E-state index in [1.165, 1.54) is 0 Å². The summed E-state index contributed by atoms with van der Waals surface area (Å²) in [5.74, 6) is 0.598. The van der Waals surface area contributed by atoms with Gasteiger partial charge in [0.25, 0.3) is 6.54 Å². The van der Waals surface area contributed by atoms with Gasteiger partial charge >= 0.3 is 0 Å². The van der Waals surface area contributed by atoms with Gasteiger partial charge in [0.15, 0.2) is 5.82 Å². The number of fused-ring (bicyclic) bond motifs is 2. The fourth-order valence-electron chi connectivity index (χ4n) is 4.65. The molecule has 0 bridgehead atoms. The highest BCUT2D eigenvalue weighted by molar-refractivity contribution is 5.77. The third-order valence-corrected chi connectivity index (χ3v) is 6.68. The Kier molecular flexibility index (Phi) is 9.85. The van der Waals surface area contributed by atoms with Gasteiger partial charge in [0.2, 0.25) is 5.82 Å². The van der Waals surface area contributed by atoms with Gasteiger partial charge in [0.1, 0.15) is 29.2 Å². The highest BCUT2D eigenvalue weighted by Crippen LogP contribution is 2.24. The van der Waals surface area contributed by atoms with Crippen LogP contribution in [0.15, 0.2) is 76.5 Å². The van der Waals surface area contributed by atoms with Crippen molar-refractivity contribution < 1.29 is 0 Å². The predicted octanol–water partition coefficient (Wildman–Crippen LogP) is 3.25. The van der Waals surface area contributed by atoms with Crippen LogP contribution in [0.5, 0.6) is 0 Å². The van der Waals surface area contributed by atoms with E-state index in [2.05, 4.69) is 56.9 Å². The van der Waals surface area contributed by atoms with Gasteiger partial charge in [-0.05, 0) is 36.4 Å². The van der Waals surface area contributed by atoms with E-state index in [-0.39, 0.29) is 43.0 Å². The zero-order valence-corrected chi connectivity index (χ0v) is 25.0. The smallest absolute Gasteiger partial charge is 0.273 e. The van der Waals surface area contributed by atoms with E-state index in [1.54, 1.807) is 12.1 Å². The van der Waals surface area contributed by atoms with Crippen LogP contribution in [0.2, 0.25) is 0 Å². The molecule has 0 saturated heterocycles. The van der Waals surface area contributed by atoms with E-state index in [0.717, 1.165) is 11.0 Å². The SMILES string of the molecule is N#CCc1cc(C(C#N)c2nc3ccccc3[nH]2)nc(CC#N)n1.[C-]#[N+]Cc1nc(CC#N)cc(C(C#N)=C2N=c3ccccc3=N2)n1. The van der Waals surface area contributed by atoms with Crippen molar-refractivity contribution in [1.29, 1.82) is 26.3 Å². The van der Waals surface area contributed by atoms with Crippen molar-refractivity contribution in [3.8, 4) is 30.3 Å². The molecule has 226 valence electrons. The molecule has 0 fully saturated rings. The molecule has 1 N–H and O–H groups in total. The van der Waals surface area contributed by atoms with Crippen LogP contribution in [0, 0.1) is 63.2 Å². The average Bonchev–Trinajstić information content (AvgIpc) is 3.71. The van der Waals surface area contributed by atoms with Gasteiger partial charge in [0.05, 0.1) is 88.1 Å². The summed E-state index contributed by atoms with van der Waals surface area (Å²) in [5.41, 5.74) is 3.49. The Morgan fingerprint density at radius 3 is 2.02 bits per heavy atom. The van der Waals surface area contributed by atoms with Crippen LogP contribution in [0.3, 0.4) is 0 Å². The molecule has 1 aliphatic rings. The number of benzene rings is 2. The summed E-state index contributed by atoms with van der Waals surface area (Å²) < 4.78 is 0. The van der Waals surface area contributed by atoms with Crippen LogP contribution in [-0.4, -0.2) is 29.9 Å². The second-order valence-corrected chi connectivity index (χ2v) is 9.91. The topological polar surface area (TPSA) is 228 Å². The van der Waals surface area contributed by atoms with Crippen LogP contribution in [0.25, 0.3) is 21.5 Å². The number of aromatic amines is 1. The quantitative estimate of drug-likeness (QED) is 0.205. The monoisotopic (exact) mass is 624 g/mol. The first-order valence-corrected chi connectivity index (χ1v) is 14.2. The number of nitrogens with one attached hydrogen (secondary N) is 1. The molecule has 0 aliphatic carbocycles. The van der Waals surface area contributed by atoms with Crippen molar-refractivity contribution in [2.75, 3.05) is 0 Å². The van der Waals surface area contributed by atoms with E-state index >= 15 is 0 Å². The zero-order valence-electron chi connectivity index (χ0n) is 25.0. The maximum atomic E-state index is 9.60. The van der Waals surface area contributed by atoms with Crippen LogP contribution >= 0.6 is 0 Å². The second-order valence-electron chi connectivity index (χ2n) is 9.91. The van der Waals surface area contributed by atoms with Gasteiger partial charge in [-0.3, -0.25) is 0 Å². The number of para-hydroxylation sites is 4. The number of nitriles is 5. The highest BCUT2D eigenvalue weighted by atomic mass is 15.0. The van der Waals surface area contributed by atoms with Gasteiger partial charge in [-0.25, -0.2) is 41.5 Å². The first-order chi connectivity index (χ1) is 23.5. The predicted molar refractivity (Wildman–Crippen MR) is 167 cm³/mol. The largest absolute Gasteiger partial charge is 0.341 e. The van der Waals surface area contributed by atoms with E-state index in [4.69, 9.17) is 22.4 Å². The minimum atomic E-state index is -0.727. The third kappa shape index (κ3) is 7.17. The second kappa shape index (κ2) is 14.9. The summed E-state index contributed by atoms with van der Waals surface area (Å²) in [6, 6.07) is 28.2. The number of imidazole rings is 1. The molecule has 1 aliphatic heterocycles. The fourth-order valence-corrected chi connectivity index (χ4v) is 4.65. The molecule has 1 atom stereocenters. The highest BCUT2D eigenvalue weighted by Gasteiger charge is 2.21. The Morgan fingerprint density at radius 2 is 1.40 bits per heavy atom. The number of nitrogens with zero attached hydrogens (tertiary/aromatic N) is 13. The molecule has 3 aromatic heterocycles. The van der Waals surface area contributed by atoms with Gasteiger partial charge in [-0.1, -0.05) is 24.3 Å². The first kappa shape index (κ1) is 31.8. The summed E-state index contributed by atoms with van der Waals surface area (Å²) in [6.45, 7) is 6.94. The van der Waals surface area contributed by atoms with E-state index in [0.29, 0.717) is 45.1 Å². The summed E-state index contributed by atoms with van der Waals surface area (Å²) in [6.07, 6.45) is 0.180. The normalized spacial score (nSPS) is 11.3. The maximum Gasteiger partial charge on any atom is 0.273 e. The lowest BCUT2D eigenvalue weighted by Crippen LogP contribution is -2.19. The number of rotatable bonds is 7. The molecular weight excluding hydrogens is 604 g/mol. The van der Waals surface area contributed by atoms with E-state index in [1.807, 2.05) is 66.7 Å². The van der Waals surface area contributed by atoms with Gasteiger partial charge in [-0.15, -0.1) is 0 Å². The molecule has 4 heterocycles. The molecule has 6 rings (SSSR count). The minimum Gasteiger partial charge on any atom is -0.341 e. The Morgan fingerprint density at radius 1 is 0.750 bits per heavy atom. The molecule has 0 amide bonds. The maximum absolute atomic E-state index is 9.60. The molecule has 14 heteroatoms. The first-order valence-electron chi connectivity index (χ1n) is 14.2. The molecule has 1 unspecified atom stereocenters. The Bertz CT molecular complexity index is 2310. The number of hydrogen-bond donors (Lipinski definition) is 1. The molecule has 0 saturated carbocycles. The Labute approximate surface area is 273 Å². The molecule has 0 radical (unpaired) electrons. The van der Waals surface area contributed by atoms with Crippen molar-refractivity contribution in [3.05, 3.63) is 129 Å². The van der Waals surface area contributed by atoms with Gasteiger partial charge in [-0.2, -0.15) is 26.3 Å². The summed E-state index contributed by atoms with van der Waals surface area (Å²) in [4.78, 5) is 36.4. The van der Waals surface area contributed by atoms with Crippen molar-refractivity contribution in [1.82, 2.24) is 29.9 Å². The minimum absolute atomic E-state index is 0.0184. The number of H-pyrrole nitrogens is 1. The molecule has 2 aromatic carbocycles. The van der Waals surface area contributed by atoms with Crippen molar-refractivity contribution in [2.45, 2.75) is 31.7 Å². The lowest BCUT2D eigenvalue weighted by atomic mass is 10.0. The fraction of sp³-hybridized carbons (Fsp3) is 0.147. The summed E-state index contributed by atoms with van der Waals surface area (Å²) in [5, 5.41) is 47.1. The van der Waals surface area contributed by atoms with Crippen LogP contribution < -0.4 is 10.7 Å². The average molecular weight is 625 g/mol. The van der Waals surface area contributed by atoms with Crippen LogP contribution in [0.1, 0.15) is 46.2 Å². The molecule has 14 nitrogen and oxygen atoms in total. The number of aromatic nitrogens is 6. The standard InChI is InChI=1S/C17H9N7.C17H11N7/c1-20-10-16-21-11(6-7-18)8-15(22-16)12(9-19)17-23-13-4-2-3-5-14(13)24-17;18-7-5-11-9-15(22-16(21-11)6-8-19)12(10-20)17-23-13-3-1-2-4-14(13)24-17/h2-5,8H,6,10H2;1-4,9,12H,5-6H2,(H,23,24). The summed E-state index contributed by atoms with van der Waals surface area (Å²) >= 11 is 0. The van der Waals surface area contributed by atoms with Gasteiger partial charge < -0.3 is 9.83 Å². The lowest BCUT2D eigenvalue weighted by molar-refractivity contribution is 0.835. The van der Waals surface area contributed by atoms with Gasteiger partial charge in [0, 0.05) is 0 Å². The molecule has 48 heavy (non-hydrogen) atoms. The Balaban J connectivity index is 0.000000188. The molecule has 0 spiro atoms. The van der Waals surface area contributed by atoms with Crippen molar-refractivity contribution in [2.24, 2.45) is 9.98 Å². The van der Waals surface area contributed by atoms with Crippen LogP contribution in [-0.2, 0) is 25.8 Å². The van der Waals surface area contributed by atoms with E-state index < -0.39 is 5.92 Å². The zero-order chi connectivity index (χ0) is 33.9. The third-order valence-electron chi connectivity index (χ3n) is 6.68. The lowest BCUT2D eigenvalue weighted by Gasteiger charge is -2.08.